The fourth-order valence-corrected chi connectivity index (χ4v) is 5.01. The van der Waals surface area contributed by atoms with Crippen LogP contribution in [0.5, 0.6) is 0 Å². The van der Waals surface area contributed by atoms with Crippen LogP contribution in [-0.2, 0) is 20.1 Å². The van der Waals surface area contributed by atoms with Crippen LogP contribution in [0.15, 0.2) is 58.1 Å². The van der Waals surface area contributed by atoms with Crippen LogP contribution in [0, 0.1) is 11.3 Å². The van der Waals surface area contributed by atoms with E-state index in [-0.39, 0.29) is 12.6 Å². The van der Waals surface area contributed by atoms with Crippen molar-refractivity contribution in [2.45, 2.75) is 32.0 Å². The summed E-state index contributed by atoms with van der Waals surface area (Å²) < 4.78 is 4.39. The average molecular weight is 504 g/mol. The molecule has 1 aliphatic heterocycles. The smallest absolute Gasteiger partial charge is 0.332 e. The minimum Gasteiger partial charge on any atom is -0.341 e. The predicted molar refractivity (Wildman–Crippen MR) is 139 cm³/mol. The quantitative estimate of drug-likeness (QED) is 0.447. The molecule has 0 spiro atoms. The molecule has 1 fully saturated rings. The van der Waals surface area contributed by atoms with E-state index in [1.54, 1.807) is 37.4 Å². The summed E-state index contributed by atoms with van der Waals surface area (Å²) in [6, 6.07) is 16.5. The second kappa shape index (κ2) is 9.64. The fraction of sp³-hybridized carbons (Fsp3) is 0.308. The van der Waals surface area contributed by atoms with Crippen molar-refractivity contribution in [3.05, 3.63) is 91.1 Å². The normalized spacial score (nSPS) is 15.8. The average Bonchev–Trinajstić information content (AvgIpc) is 3.26. The van der Waals surface area contributed by atoms with Gasteiger partial charge in [-0.2, -0.15) is 10.2 Å². The van der Waals surface area contributed by atoms with E-state index >= 15 is 0 Å². The molecule has 5 rings (SSSR count). The highest BCUT2D eigenvalue weighted by molar-refractivity contribution is 6.31. The Hall–Kier alpha value is -3.87. The van der Waals surface area contributed by atoms with Gasteiger partial charge in [-0.05, 0) is 36.1 Å². The zero-order valence-corrected chi connectivity index (χ0v) is 20.6. The summed E-state index contributed by atoms with van der Waals surface area (Å²) in [5.74, 6) is 0.586. The van der Waals surface area contributed by atoms with Gasteiger partial charge in [0.05, 0.1) is 24.7 Å². The molecule has 0 unspecified atom stereocenters. The van der Waals surface area contributed by atoms with E-state index in [2.05, 4.69) is 11.0 Å². The molecule has 3 heterocycles. The van der Waals surface area contributed by atoms with Crippen molar-refractivity contribution in [2.24, 2.45) is 12.8 Å². The number of fused-ring (bicyclic) bond motifs is 1. The molecule has 36 heavy (non-hydrogen) atoms. The number of halogens is 1. The van der Waals surface area contributed by atoms with Crippen molar-refractivity contribution in [2.75, 3.05) is 18.0 Å². The van der Waals surface area contributed by atoms with Gasteiger partial charge in [-0.25, -0.2) is 4.79 Å². The molecule has 2 aromatic carbocycles. The second-order valence-corrected chi connectivity index (χ2v) is 9.52. The summed E-state index contributed by atoms with van der Waals surface area (Å²) >= 11 is 6.49. The SMILES string of the molecule is Cn1c(=O)n(Cc2ccccc2C#N)c(=O)c2c1nc(N1CCC[C@@H](N)C1)n2Cc1ccccc1Cl. The van der Waals surface area contributed by atoms with E-state index in [1.807, 2.05) is 22.8 Å². The van der Waals surface area contributed by atoms with E-state index < -0.39 is 11.2 Å². The Morgan fingerprint density at radius 3 is 2.50 bits per heavy atom. The van der Waals surface area contributed by atoms with Gasteiger partial charge in [-0.1, -0.05) is 48.0 Å². The maximum atomic E-state index is 13.9. The predicted octanol–water partition coefficient (Wildman–Crippen LogP) is 2.45. The molecule has 10 heteroatoms. The first-order chi connectivity index (χ1) is 17.4. The number of hydrogen-bond donors (Lipinski definition) is 1. The number of aromatic nitrogens is 4. The van der Waals surface area contributed by atoms with Crippen LogP contribution in [0.1, 0.15) is 29.5 Å². The van der Waals surface area contributed by atoms with Crippen molar-refractivity contribution >= 4 is 28.7 Å². The number of nitrogens with two attached hydrogens (primary N) is 1. The second-order valence-electron chi connectivity index (χ2n) is 9.11. The molecule has 0 aliphatic carbocycles. The van der Waals surface area contributed by atoms with Crippen molar-refractivity contribution in [1.29, 1.82) is 5.26 Å². The lowest BCUT2D eigenvalue weighted by atomic mass is 10.1. The molecule has 2 aromatic heterocycles. The molecule has 0 bridgehead atoms. The Morgan fingerprint density at radius 1 is 1.08 bits per heavy atom. The van der Waals surface area contributed by atoms with Crippen molar-refractivity contribution < 1.29 is 0 Å². The van der Waals surface area contributed by atoms with Gasteiger partial charge in [-0.15, -0.1) is 0 Å². The number of anilines is 1. The first kappa shape index (κ1) is 23.9. The number of aryl methyl sites for hydroxylation is 1. The van der Waals surface area contributed by atoms with Gasteiger partial charge < -0.3 is 10.6 Å². The van der Waals surface area contributed by atoms with E-state index in [4.69, 9.17) is 22.3 Å². The van der Waals surface area contributed by atoms with Gasteiger partial charge in [-0.3, -0.25) is 18.5 Å². The van der Waals surface area contributed by atoms with Crippen LogP contribution in [0.3, 0.4) is 0 Å². The molecule has 2 N–H and O–H groups in total. The number of nitrogens with zero attached hydrogens (tertiary/aromatic N) is 6. The largest absolute Gasteiger partial charge is 0.341 e. The van der Waals surface area contributed by atoms with Gasteiger partial charge in [0.1, 0.15) is 0 Å². The van der Waals surface area contributed by atoms with Crippen LogP contribution in [0.25, 0.3) is 11.2 Å². The molecule has 0 amide bonds. The van der Waals surface area contributed by atoms with Crippen molar-refractivity contribution in [3.8, 4) is 6.07 Å². The third-order valence-electron chi connectivity index (χ3n) is 6.71. The van der Waals surface area contributed by atoms with E-state index in [1.165, 1.54) is 4.57 Å². The fourth-order valence-electron chi connectivity index (χ4n) is 4.82. The number of hydrogen-bond acceptors (Lipinski definition) is 6. The number of piperidine rings is 1. The molecule has 9 nitrogen and oxygen atoms in total. The Morgan fingerprint density at radius 2 is 1.78 bits per heavy atom. The zero-order valence-electron chi connectivity index (χ0n) is 19.9. The van der Waals surface area contributed by atoms with Crippen molar-refractivity contribution in [3.63, 3.8) is 0 Å². The molecule has 1 aliphatic rings. The van der Waals surface area contributed by atoms with Crippen molar-refractivity contribution in [1.82, 2.24) is 18.7 Å². The molecule has 1 saturated heterocycles. The van der Waals surface area contributed by atoms with Gasteiger partial charge in [0.2, 0.25) is 5.95 Å². The summed E-state index contributed by atoms with van der Waals surface area (Å²) in [7, 11) is 1.61. The van der Waals surface area contributed by atoms with E-state index in [0.29, 0.717) is 46.4 Å². The summed E-state index contributed by atoms with van der Waals surface area (Å²) in [5, 5.41) is 10.1. The summed E-state index contributed by atoms with van der Waals surface area (Å²) in [6.45, 7) is 1.63. The molecule has 184 valence electrons. The lowest BCUT2D eigenvalue weighted by Crippen LogP contribution is -2.44. The standard InChI is InChI=1S/C26H26ClN7O2/c1-31-23-22(24(35)34(26(31)36)14-18-8-3-2-7-17(18)13-28)33(15-19-9-4-5-11-21(19)27)25(30-23)32-12-6-10-20(29)16-32/h2-5,7-9,11,20H,6,10,12,14-16,29H2,1H3/t20-/m1/s1. The summed E-state index contributed by atoms with van der Waals surface area (Å²) in [5.41, 5.74) is 7.75. The lowest BCUT2D eigenvalue weighted by Gasteiger charge is -2.32. The highest BCUT2D eigenvalue weighted by Gasteiger charge is 2.27. The first-order valence-electron chi connectivity index (χ1n) is 11.8. The Labute approximate surface area is 212 Å². The molecule has 0 radical (unpaired) electrons. The third-order valence-corrected chi connectivity index (χ3v) is 7.07. The number of nitriles is 1. The van der Waals surface area contributed by atoms with Crippen LogP contribution < -0.4 is 21.9 Å². The van der Waals surface area contributed by atoms with Crippen LogP contribution >= 0.6 is 11.6 Å². The Kier molecular flexibility index (Phi) is 6.39. The highest BCUT2D eigenvalue weighted by atomic mass is 35.5. The molecule has 4 aromatic rings. The molecule has 1 atom stereocenters. The minimum absolute atomic E-state index is 0.00436. The summed E-state index contributed by atoms with van der Waals surface area (Å²) in [6.07, 6.45) is 1.83. The number of imidazole rings is 1. The van der Waals surface area contributed by atoms with Gasteiger partial charge in [0.15, 0.2) is 11.2 Å². The number of benzene rings is 2. The lowest BCUT2D eigenvalue weighted by molar-refractivity contribution is 0.495. The zero-order chi connectivity index (χ0) is 25.4. The topological polar surface area (TPSA) is 115 Å². The molecular weight excluding hydrogens is 478 g/mol. The van der Waals surface area contributed by atoms with Gasteiger partial charge in [0.25, 0.3) is 5.56 Å². The van der Waals surface area contributed by atoms with Gasteiger partial charge in [0, 0.05) is 31.2 Å². The summed E-state index contributed by atoms with van der Waals surface area (Å²) in [4.78, 5) is 34.1. The third kappa shape index (κ3) is 4.19. The van der Waals surface area contributed by atoms with Crippen LogP contribution in [0.4, 0.5) is 5.95 Å². The minimum atomic E-state index is -0.496. The Bertz CT molecular complexity index is 1610. The van der Waals surface area contributed by atoms with Crippen LogP contribution in [-0.4, -0.2) is 37.8 Å². The first-order valence-corrected chi connectivity index (χ1v) is 12.2. The van der Waals surface area contributed by atoms with Crippen LogP contribution in [0.2, 0.25) is 5.02 Å². The maximum Gasteiger partial charge on any atom is 0.332 e. The van der Waals surface area contributed by atoms with E-state index in [0.717, 1.165) is 29.5 Å². The highest BCUT2D eigenvalue weighted by Crippen LogP contribution is 2.26. The maximum absolute atomic E-state index is 13.9. The number of rotatable bonds is 5. The monoisotopic (exact) mass is 503 g/mol. The van der Waals surface area contributed by atoms with E-state index in [9.17, 15) is 14.9 Å². The Balaban J connectivity index is 1.75. The molecular formula is C26H26ClN7O2. The molecule has 0 saturated carbocycles. The van der Waals surface area contributed by atoms with Gasteiger partial charge >= 0.3 is 5.69 Å².